The number of nitrogens with zero attached hydrogens (tertiary/aromatic N) is 2. The van der Waals surface area contributed by atoms with Crippen molar-refractivity contribution < 1.29 is 18.7 Å². The lowest BCUT2D eigenvalue weighted by molar-refractivity contribution is -0.166. The SMILES string of the molecule is CC1=C(Cn2nc(Cl)c3ccc(C(F)(F)C(=O)O)cc32)C(Cl)=CC=CC1. The maximum atomic E-state index is 13.9. The summed E-state index contributed by atoms with van der Waals surface area (Å²) in [5.74, 6) is -6.22. The van der Waals surface area contributed by atoms with E-state index in [1.165, 1.54) is 10.7 Å². The second-order valence-electron chi connectivity index (χ2n) is 5.97. The lowest BCUT2D eigenvalue weighted by Gasteiger charge is -2.13. The summed E-state index contributed by atoms with van der Waals surface area (Å²) >= 11 is 12.4. The van der Waals surface area contributed by atoms with Crippen LogP contribution in [-0.4, -0.2) is 20.9 Å². The van der Waals surface area contributed by atoms with E-state index < -0.39 is 17.5 Å². The summed E-state index contributed by atoms with van der Waals surface area (Å²) in [6.07, 6.45) is 6.27. The smallest absolute Gasteiger partial charge is 0.379 e. The van der Waals surface area contributed by atoms with Crippen LogP contribution in [0.4, 0.5) is 8.78 Å². The first-order valence-electron chi connectivity index (χ1n) is 7.71. The molecule has 0 saturated heterocycles. The molecule has 0 unspecified atom stereocenters. The molecule has 0 saturated carbocycles. The zero-order valence-electron chi connectivity index (χ0n) is 13.6. The highest BCUT2D eigenvalue weighted by Crippen LogP contribution is 2.34. The number of carbonyl (C=O) groups is 1. The van der Waals surface area contributed by atoms with Gasteiger partial charge in [-0.25, -0.2) is 4.79 Å². The van der Waals surface area contributed by atoms with Crippen LogP contribution in [0.1, 0.15) is 18.9 Å². The topological polar surface area (TPSA) is 55.1 Å². The fraction of sp³-hybridized carbons (Fsp3) is 0.222. The number of allylic oxidation sites excluding steroid dienone is 6. The van der Waals surface area contributed by atoms with Gasteiger partial charge >= 0.3 is 11.9 Å². The highest BCUT2D eigenvalue weighted by Gasteiger charge is 2.41. The number of aliphatic carboxylic acids is 1. The third kappa shape index (κ3) is 3.27. The van der Waals surface area contributed by atoms with Crippen LogP contribution < -0.4 is 0 Å². The van der Waals surface area contributed by atoms with Gasteiger partial charge in [-0.2, -0.15) is 13.9 Å². The first-order valence-corrected chi connectivity index (χ1v) is 8.46. The van der Waals surface area contributed by atoms with E-state index in [2.05, 4.69) is 5.10 Å². The lowest BCUT2D eigenvalue weighted by Crippen LogP contribution is -2.25. The van der Waals surface area contributed by atoms with E-state index in [0.29, 0.717) is 22.4 Å². The number of alkyl halides is 2. The molecule has 136 valence electrons. The van der Waals surface area contributed by atoms with Crippen LogP contribution in [0.25, 0.3) is 10.9 Å². The molecule has 4 nitrogen and oxygen atoms in total. The highest BCUT2D eigenvalue weighted by atomic mass is 35.5. The minimum Gasteiger partial charge on any atom is -0.477 e. The number of rotatable bonds is 4. The average molecular weight is 399 g/mol. The molecule has 0 atom stereocenters. The summed E-state index contributed by atoms with van der Waals surface area (Å²) in [6.45, 7) is 2.16. The van der Waals surface area contributed by atoms with Gasteiger partial charge in [-0.05, 0) is 37.1 Å². The Morgan fingerprint density at radius 3 is 2.81 bits per heavy atom. The predicted molar refractivity (Wildman–Crippen MR) is 96.7 cm³/mol. The van der Waals surface area contributed by atoms with Crippen LogP contribution >= 0.6 is 23.2 Å². The van der Waals surface area contributed by atoms with Gasteiger partial charge in [0.05, 0.1) is 12.1 Å². The van der Waals surface area contributed by atoms with Crippen LogP contribution in [0.2, 0.25) is 5.15 Å². The molecule has 1 aliphatic carbocycles. The molecule has 0 fully saturated rings. The van der Waals surface area contributed by atoms with Gasteiger partial charge in [0.1, 0.15) is 0 Å². The molecule has 1 aliphatic rings. The van der Waals surface area contributed by atoms with Crippen molar-refractivity contribution in [2.75, 3.05) is 0 Å². The number of carboxylic acid groups (broad SMARTS) is 1. The van der Waals surface area contributed by atoms with Gasteiger partial charge in [-0.3, -0.25) is 4.68 Å². The van der Waals surface area contributed by atoms with Crippen LogP contribution in [-0.2, 0) is 17.3 Å². The fourth-order valence-corrected chi connectivity index (χ4v) is 3.30. The summed E-state index contributed by atoms with van der Waals surface area (Å²) in [5, 5.41) is 14.1. The Hall–Kier alpha value is -2.18. The molecule has 26 heavy (non-hydrogen) atoms. The molecule has 0 spiro atoms. The van der Waals surface area contributed by atoms with E-state index in [9.17, 15) is 13.6 Å². The van der Waals surface area contributed by atoms with Crippen molar-refractivity contribution in [3.05, 3.63) is 63.3 Å². The van der Waals surface area contributed by atoms with Gasteiger partial charge in [-0.15, -0.1) is 0 Å². The van der Waals surface area contributed by atoms with Crippen molar-refractivity contribution >= 4 is 40.1 Å². The quantitative estimate of drug-likeness (QED) is 0.763. The number of aromatic nitrogens is 2. The van der Waals surface area contributed by atoms with Gasteiger partial charge < -0.3 is 5.11 Å². The number of fused-ring (bicyclic) bond motifs is 1. The maximum Gasteiger partial charge on any atom is 0.379 e. The molecule has 1 aromatic heterocycles. The van der Waals surface area contributed by atoms with Crippen molar-refractivity contribution in [3.8, 4) is 0 Å². The number of benzene rings is 1. The maximum absolute atomic E-state index is 13.9. The van der Waals surface area contributed by atoms with Gasteiger partial charge in [0.15, 0.2) is 5.15 Å². The first-order chi connectivity index (χ1) is 12.2. The number of halogens is 4. The molecule has 0 bridgehead atoms. The Morgan fingerprint density at radius 1 is 1.38 bits per heavy atom. The van der Waals surface area contributed by atoms with Crippen molar-refractivity contribution in [1.82, 2.24) is 9.78 Å². The second-order valence-corrected chi connectivity index (χ2v) is 6.73. The molecular weight excluding hydrogens is 385 g/mol. The van der Waals surface area contributed by atoms with Crippen LogP contribution in [0.15, 0.2) is 52.6 Å². The van der Waals surface area contributed by atoms with Crippen molar-refractivity contribution in [1.29, 1.82) is 0 Å². The first kappa shape index (κ1) is 18.6. The fourth-order valence-electron chi connectivity index (χ4n) is 2.76. The van der Waals surface area contributed by atoms with E-state index in [1.807, 2.05) is 19.1 Å². The molecule has 2 aromatic rings. The standard InChI is InChI=1S/C18H14Cl2F2N2O2/c1-10-4-2-3-5-14(19)13(10)9-24-15-8-11(18(21,22)17(25)26)6-7-12(15)16(20)23-24/h2-3,5-8H,4,9H2,1H3,(H,25,26). The molecule has 1 N–H and O–H groups in total. The zero-order valence-corrected chi connectivity index (χ0v) is 15.2. The van der Waals surface area contributed by atoms with Crippen LogP contribution in [0.5, 0.6) is 0 Å². The van der Waals surface area contributed by atoms with Gasteiger partial charge in [0.2, 0.25) is 0 Å². The monoisotopic (exact) mass is 398 g/mol. The molecule has 8 heteroatoms. The third-order valence-corrected chi connectivity index (χ3v) is 4.89. The van der Waals surface area contributed by atoms with Crippen molar-refractivity contribution in [2.24, 2.45) is 0 Å². The molecule has 0 radical (unpaired) electrons. The van der Waals surface area contributed by atoms with E-state index in [4.69, 9.17) is 28.3 Å². The Labute approximate surface area is 158 Å². The van der Waals surface area contributed by atoms with E-state index in [-0.39, 0.29) is 11.7 Å². The molecular formula is C18H14Cl2F2N2O2. The minimum atomic E-state index is -4.01. The van der Waals surface area contributed by atoms with Crippen molar-refractivity contribution in [3.63, 3.8) is 0 Å². The lowest BCUT2D eigenvalue weighted by atomic mass is 10.1. The zero-order chi connectivity index (χ0) is 19.1. The highest BCUT2D eigenvalue weighted by molar-refractivity contribution is 6.34. The Bertz CT molecular complexity index is 990. The largest absolute Gasteiger partial charge is 0.477 e. The van der Waals surface area contributed by atoms with Crippen LogP contribution in [0, 0.1) is 0 Å². The second kappa shape index (κ2) is 6.85. The Balaban J connectivity index is 2.11. The molecule has 1 heterocycles. The number of hydrogen-bond donors (Lipinski definition) is 1. The van der Waals surface area contributed by atoms with Gasteiger partial charge in [0.25, 0.3) is 0 Å². The van der Waals surface area contributed by atoms with E-state index >= 15 is 0 Å². The molecule has 1 aromatic carbocycles. The molecule has 3 rings (SSSR count). The number of carboxylic acids is 1. The van der Waals surface area contributed by atoms with Crippen molar-refractivity contribution in [2.45, 2.75) is 25.8 Å². The third-order valence-electron chi connectivity index (χ3n) is 4.25. The number of hydrogen-bond acceptors (Lipinski definition) is 2. The van der Waals surface area contributed by atoms with Gasteiger partial charge in [0, 0.05) is 16.0 Å². The minimum absolute atomic E-state index is 0.148. The molecule has 0 aliphatic heterocycles. The summed E-state index contributed by atoms with van der Waals surface area (Å²) < 4.78 is 29.2. The predicted octanol–water partition coefficient (Wildman–Crippen LogP) is 5.27. The summed E-state index contributed by atoms with van der Waals surface area (Å²) in [7, 11) is 0. The van der Waals surface area contributed by atoms with Gasteiger partial charge in [-0.1, -0.05) is 47.0 Å². The summed E-state index contributed by atoms with van der Waals surface area (Å²) in [4.78, 5) is 10.9. The van der Waals surface area contributed by atoms with E-state index in [1.54, 1.807) is 6.08 Å². The Morgan fingerprint density at radius 2 is 2.12 bits per heavy atom. The van der Waals surface area contributed by atoms with E-state index in [0.717, 1.165) is 23.3 Å². The Kier molecular flexibility index (Phi) is 4.90. The average Bonchev–Trinajstić information content (AvgIpc) is 2.81. The summed E-state index contributed by atoms with van der Waals surface area (Å²) in [5.41, 5.74) is 1.51. The van der Waals surface area contributed by atoms with Crippen LogP contribution in [0.3, 0.4) is 0 Å². The molecule has 0 amide bonds. The summed E-state index contributed by atoms with van der Waals surface area (Å²) in [6, 6.07) is 3.49. The normalized spacial score (nSPS) is 15.3.